The molecule has 2 aliphatic rings. The Balaban J connectivity index is 1.06. The van der Waals surface area contributed by atoms with Crippen LogP contribution in [0, 0.1) is 0 Å². The normalized spacial score (nSPS) is 20.0. The number of rotatable bonds is 14. The Hall–Kier alpha value is -6.60. The minimum atomic E-state index is -1.15. The molecule has 10 heteroatoms. The smallest absolute Gasteiger partial charge is 0.252 e. The highest BCUT2D eigenvalue weighted by Gasteiger charge is 2.52. The van der Waals surface area contributed by atoms with E-state index in [1.54, 1.807) is 0 Å². The van der Waals surface area contributed by atoms with Gasteiger partial charge in [0.15, 0.2) is 12.6 Å². The summed E-state index contributed by atoms with van der Waals surface area (Å²) in [5, 5.41) is 13.1. The molecule has 6 atom stereocenters. The zero-order chi connectivity index (χ0) is 46.1. The monoisotopic (exact) mass is 932 g/mol. The highest BCUT2D eigenvalue weighted by molar-refractivity contribution is 7.80. The van der Waals surface area contributed by atoms with Crippen LogP contribution in [0.4, 0.5) is 0 Å². The molecule has 0 radical (unpaired) electrons. The zero-order valence-corrected chi connectivity index (χ0v) is 39.0. The largest absolute Gasteiger partial charge is 0.346 e. The van der Waals surface area contributed by atoms with Crippen molar-refractivity contribution in [2.24, 2.45) is 0 Å². The predicted octanol–water partition coefficient (Wildman–Crippen LogP) is 8.16. The molecule has 8 nitrogen and oxygen atoms in total. The molecular weight excluding hydrogens is 883 g/mol. The van der Waals surface area contributed by atoms with E-state index in [1.807, 2.05) is 182 Å². The number of ether oxygens (including phenoxy) is 4. The van der Waals surface area contributed by atoms with Gasteiger partial charge in [0.2, 0.25) is 0 Å². The SMILES string of the molecule is O=C(N[C@@H]1[C@@H](NC(=O)c2ccccc2P(c2ccccc2)c2ccccc2)[C@@H](OCc2ccccc2)O[C@@H]2COC(c3ccccc3)O[C@@H]12)c1ccccc1P(c1ccccc1)c1ccccc1. The Labute approximate surface area is 399 Å². The van der Waals surface area contributed by atoms with Crippen molar-refractivity contribution in [3.63, 3.8) is 0 Å². The third-order valence-corrected chi connectivity index (χ3v) is 17.2. The van der Waals surface area contributed by atoms with Crippen molar-refractivity contribution >= 4 is 59.5 Å². The number of carbonyl (C=O) groups excluding carboxylic acids is 2. The van der Waals surface area contributed by atoms with Crippen LogP contribution < -0.4 is 42.5 Å². The molecule has 68 heavy (non-hydrogen) atoms. The number of benzene rings is 8. The fourth-order valence-corrected chi connectivity index (χ4v) is 13.9. The van der Waals surface area contributed by atoms with E-state index in [0.29, 0.717) is 11.1 Å². The Kier molecular flexibility index (Phi) is 14.3. The van der Waals surface area contributed by atoms with Gasteiger partial charge >= 0.3 is 0 Å². The Bertz CT molecular complexity index is 2820. The summed E-state index contributed by atoms with van der Waals surface area (Å²) in [7, 11) is -2.30. The molecule has 8 aromatic rings. The maximum atomic E-state index is 15.4. The molecule has 2 saturated heterocycles. The van der Waals surface area contributed by atoms with Crippen LogP contribution >= 0.6 is 15.8 Å². The van der Waals surface area contributed by atoms with Gasteiger partial charge in [-0.15, -0.1) is 0 Å². The molecule has 0 aromatic heterocycles. The van der Waals surface area contributed by atoms with Crippen LogP contribution in [0.25, 0.3) is 0 Å². The molecule has 1 unspecified atom stereocenters. The van der Waals surface area contributed by atoms with Crippen molar-refractivity contribution in [1.29, 1.82) is 0 Å². The summed E-state index contributed by atoms with van der Waals surface area (Å²) in [6.07, 6.45) is -3.20. The predicted molar refractivity (Wildman–Crippen MR) is 273 cm³/mol. The average molecular weight is 933 g/mol. The Morgan fingerprint density at radius 3 is 1.34 bits per heavy atom. The lowest BCUT2D eigenvalue weighted by atomic mass is 9.92. The lowest BCUT2D eigenvalue weighted by molar-refractivity contribution is -0.329. The number of nitrogens with one attached hydrogen (secondary N) is 2. The molecule has 2 heterocycles. The van der Waals surface area contributed by atoms with Crippen LogP contribution in [0.5, 0.6) is 0 Å². The molecule has 0 spiro atoms. The van der Waals surface area contributed by atoms with Crippen molar-refractivity contribution in [1.82, 2.24) is 10.6 Å². The van der Waals surface area contributed by atoms with Gasteiger partial charge in [-0.2, -0.15) is 0 Å². The minimum Gasteiger partial charge on any atom is -0.346 e. The van der Waals surface area contributed by atoms with Crippen LogP contribution in [0.2, 0.25) is 0 Å². The van der Waals surface area contributed by atoms with Crippen LogP contribution in [0.3, 0.4) is 0 Å². The number of hydrogen-bond donors (Lipinski definition) is 2. The van der Waals surface area contributed by atoms with E-state index in [1.165, 1.54) is 0 Å². The number of hydrogen-bond acceptors (Lipinski definition) is 6. The Morgan fingerprint density at radius 2 is 0.868 bits per heavy atom. The molecule has 338 valence electrons. The first-order valence-corrected chi connectivity index (χ1v) is 25.5. The van der Waals surface area contributed by atoms with Gasteiger partial charge in [0.25, 0.3) is 11.8 Å². The number of fused-ring (bicyclic) bond motifs is 1. The first kappa shape index (κ1) is 45.2. The van der Waals surface area contributed by atoms with E-state index in [2.05, 4.69) is 59.2 Å². The molecule has 2 aliphatic heterocycles. The fraction of sp³-hybridized carbons (Fsp3) is 0.138. The molecule has 0 saturated carbocycles. The summed E-state index contributed by atoms with van der Waals surface area (Å²) in [6.45, 7) is 0.350. The number of carbonyl (C=O) groups is 2. The van der Waals surface area contributed by atoms with E-state index in [0.717, 1.165) is 43.0 Å². The van der Waals surface area contributed by atoms with Gasteiger partial charge in [-0.05, 0) is 65.4 Å². The lowest BCUT2D eigenvalue weighted by Gasteiger charge is -2.49. The molecular formula is C58H50N2O6P2. The van der Waals surface area contributed by atoms with Gasteiger partial charge in [0.1, 0.15) is 18.2 Å². The van der Waals surface area contributed by atoms with Gasteiger partial charge in [-0.3, -0.25) is 9.59 Å². The summed E-state index contributed by atoms with van der Waals surface area (Å²) in [4.78, 5) is 30.7. The molecule has 10 rings (SSSR count). The third kappa shape index (κ3) is 10.1. The zero-order valence-electron chi connectivity index (χ0n) is 37.2. The maximum absolute atomic E-state index is 15.4. The van der Waals surface area contributed by atoms with Gasteiger partial charge in [0.05, 0.1) is 19.3 Å². The third-order valence-electron chi connectivity index (χ3n) is 12.2. The maximum Gasteiger partial charge on any atom is 0.252 e. The van der Waals surface area contributed by atoms with Crippen molar-refractivity contribution in [2.75, 3.05) is 6.61 Å². The van der Waals surface area contributed by atoms with E-state index < -0.39 is 52.7 Å². The quantitative estimate of drug-likeness (QED) is 0.107. The summed E-state index contributed by atoms with van der Waals surface area (Å²) in [5.74, 6) is -0.640. The minimum absolute atomic E-state index is 0.160. The van der Waals surface area contributed by atoms with E-state index in [4.69, 9.17) is 18.9 Å². The molecule has 0 aliphatic carbocycles. The molecule has 2 fully saturated rings. The van der Waals surface area contributed by atoms with Crippen molar-refractivity contribution < 1.29 is 28.5 Å². The summed E-state index contributed by atoms with van der Waals surface area (Å²) >= 11 is 0. The number of amides is 2. The van der Waals surface area contributed by atoms with Crippen LogP contribution in [-0.4, -0.2) is 49.0 Å². The molecule has 0 bridgehead atoms. The topological polar surface area (TPSA) is 95.1 Å². The lowest BCUT2D eigenvalue weighted by Crippen LogP contribution is -2.71. The second-order valence-electron chi connectivity index (χ2n) is 16.6. The molecule has 8 aromatic carbocycles. The first-order chi connectivity index (χ1) is 33.6. The van der Waals surface area contributed by atoms with Crippen LogP contribution in [0.1, 0.15) is 38.1 Å². The van der Waals surface area contributed by atoms with Crippen molar-refractivity contribution in [3.8, 4) is 0 Å². The Morgan fingerprint density at radius 1 is 0.471 bits per heavy atom. The first-order valence-electron chi connectivity index (χ1n) is 22.8. The molecule has 2 amide bonds. The average Bonchev–Trinajstić information content (AvgIpc) is 3.41. The van der Waals surface area contributed by atoms with E-state index in [9.17, 15) is 0 Å². The van der Waals surface area contributed by atoms with Crippen molar-refractivity contribution in [2.45, 2.75) is 43.5 Å². The van der Waals surface area contributed by atoms with Gasteiger partial charge in [0, 0.05) is 16.7 Å². The van der Waals surface area contributed by atoms with E-state index >= 15 is 9.59 Å². The molecule has 2 N–H and O–H groups in total. The van der Waals surface area contributed by atoms with Crippen LogP contribution in [0.15, 0.2) is 231 Å². The standard InChI is InChI=1S/C58H50N2O6P2/c61-55(47-35-19-21-37-50(47)67(43-27-11-3-12-28-43)44-29-13-4-14-30-44)59-52-53(60-56(62)48-36-20-22-38-51(48)68(45-31-15-5-16-32-45)46-33-17-6-18-34-46)58(63-39-41-23-7-1-8-24-41)65-49-40-64-57(66-54(49)52)42-25-9-2-10-26-42/h1-38,49,52-54,57-58H,39-40H2,(H,59,61)(H,60,62)/t49-,52-,53-,54-,57?,58+/m1/s1. The summed E-state index contributed by atoms with van der Waals surface area (Å²) in [6, 6.07) is 74.6. The van der Waals surface area contributed by atoms with E-state index in [-0.39, 0.29) is 25.0 Å². The highest BCUT2D eigenvalue weighted by atomic mass is 31.1. The second-order valence-corrected chi connectivity index (χ2v) is 20.9. The fourth-order valence-electron chi connectivity index (χ4n) is 8.96. The van der Waals surface area contributed by atoms with Crippen LogP contribution in [-0.2, 0) is 25.6 Å². The van der Waals surface area contributed by atoms with Gasteiger partial charge < -0.3 is 29.6 Å². The van der Waals surface area contributed by atoms with Crippen molar-refractivity contribution in [3.05, 3.63) is 253 Å². The van der Waals surface area contributed by atoms with Gasteiger partial charge in [-0.25, -0.2) is 0 Å². The summed E-state index contributed by atoms with van der Waals surface area (Å²) in [5.41, 5.74) is 2.78. The highest BCUT2D eigenvalue weighted by Crippen LogP contribution is 2.38. The van der Waals surface area contributed by atoms with Gasteiger partial charge in [-0.1, -0.05) is 218 Å². The summed E-state index contributed by atoms with van der Waals surface area (Å²) < 4.78 is 26.8. The second kappa shape index (κ2) is 21.6.